The Morgan fingerprint density at radius 3 is 2.90 bits per heavy atom. The van der Waals surface area contributed by atoms with Gasteiger partial charge < -0.3 is 9.88 Å². The number of hydrogen-bond donors (Lipinski definition) is 1. The quantitative estimate of drug-likeness (QED) is 0.919. The number of aromatic nitrogens is 1. The Morgan fingerprint density at radius 2 is 2.05 bits per heavy atom. The van der Waals surface area contributed by atoms with Crippen LogP contribution in [-0.2, 0) is 6.54 Å². The molecule has 2 bridgehead atoms. The van der Waals surface area contributed by atoms with Gasteiger partial charge in [0.05, 0.1) is 5.69 Å². The van der Waals surface area contributed by atoms with Crippen molar-refractivity contribution in [3.8, 4) is 0 Å². The smallest absolute Gasteiger partial charge is 0.250 e. The van der Waals surface area contributed by atoms with E-state index >= 15 is 0 Å². The van der Waals surface area contributed by atoms with Gasteiger partial charge in [0.15, 0.2) is 0 Å². The lowest BCUT2D eigenvalue weighted by molar-refractivity contribution is 0.243. The third-order valence-electron chi connectivity index (χ3n) is 6.23. The van der Waals surface area contributed by atoms with Gasteiger partial charge in [0.1, 0.15) is 0 Å². The molecule has 3 saturated carbocycles. The molecule has 0 aliphatic heterocycles. The largest absolute Gasteiger partial charge is 0.381 e. The third-order valence-corrected chi connectivity index (χ3v) is 6.23. The number of anilines is 1. The summed E-state index contributed by atoms with van der Waals surface area (Å²) in [4.78, 5) is 11.8. The van der Waals surface area contributed by atoms with Gasteiger partial charge in [-0.2, -0.15) is 0 Å². The van der Waals surface area contributed by atoms with Crippen molar-refractivity contribution in [3.05, 3.63) is 28.7 Å². The lowest BCUT2D eigenvalue weighted by atomic mass is 9.79. The van der Waals surface area contributed by atoms with Gasteiger partial charge in [-0.15, -0.1) is 0 Å². The minimum Gasteiger partial charge on any atom is -0.381 e. The maximum absolute atomic E-state index is 11.8. The van der Waals surface area contributed by atoms with Gasteiger partial charge in [-0.05, 0) is 61.8 Å². The first-order valence-corrected chi connectivity index (χ1v) is 8.73. The highest BCUT2D eigenvalue weighted by Crippen LogP contribution is 2.59. The molecule has 4 rings (SSSR count). The third kappa shape index (κ3) is 2.21. The van der Waals surface area contributed by atoms with E-state index in [1.165, 1.54) is 32.1 Å². The highest BCUT2D eigenvalue weighted by atomic mass is 16.1. The summed E-state index contributed by atoms with van der Waals surface area (Å²) >= 11 is 0. The van der Waals surface area contributed by atoms with Crippen LogP contribution in [0.1, 0.15) is 45.4 Å². The molecule has 5 unspecified atom stereocenters. The highest BCUT2D eigenvalue weighted by molar-refractivity contribution is 5.42. The fourth-order valence-corrected chi connectivity index (χ4v) is 5.48. The minimum atomic E-state index is 0.117. The fourth-order valence-electron chi connectivity index (χ4n) is 5.48. The second-order valence-electron chi connectivity index (χ2n) is 7.35. The van der Waals surface area contributed by atoms with Crippen molar-refractivity contribution in [2.24, 2.45) is 23.7 Å². The molecule has 0 amide bonds. The first-order chi connectivity index (χ1) is 10.3. The Bertz CT molecular complexity index is 579. The summed E-state index contributed by atoms with van der Waals surface area (Å²) in [6.45, 7) is 2.93. The Morgan fingerprint density at radius 1 is 1.19 bits per heavy atom. The van der Waals surface area contributed by atoms with Crippen LogP contribution < -0.4 is 10.9 Å². The second kappa shape index (κ2) is 5.19. The second-order valence-corrected chi connectivity index (χ2v) is 7.35. The van der Waals surface area contributed by atoms with Crippen LogP contribution in [0.3, 0.4) is 0 Å². The van der Waals surface area contributed by atoms with Gasteiger partial charge in [-0.1, -0.05) is 13.3 Å². The van der Waals surface area contributed by atoms with Crippen LogP contribution >= 0.6 is 0 Å². The lowest BCUT2D eigenvalue weighted by Gasteiger charge is -2.32. The van der Waals surface area contributed by atoms with Gasteiger partial charge in [0, 0.05) is 24.8 Å². The topological polar surface area (TPSA) is 34.0 Å². The first-order valence-electron chi connectivity index (χ1n) is 8.73. The molecule has 1 N–H and O–H groups in total. The molecular weight excluding hydrogens is 260 g/mol. The van der Waals surface area contributed by atoms with Crippen LogP contribution in [-0.4, -0.2) is 10.6 Å². The molecule has 3 aliphatic rings. The molecule has 3 aliphatic carbocycles. The molecule has 3 fully saturated rings. The number of aryl methyl sites for hydroxylation is 1. The molecule has 0 saturated heterocycles. The summed E-state index contributed by atoms with van der Waals surface area (Å²) in [5.74, 6) is 3.89. The molecule has 3 nitrogen and oxygen atoms in total. The van der Waals surface area contributed by atoms with E-state index in [0.29, 0.717) is 6.04 Å². The summed E-state index contributed by atoms with van der Waals surface area (Å²) in [6.07, 6.45) is 10.2. The van der Waals surface area contributed by atoms with Crippen molar-refractivity contribution in [2.75, 3.05) is 5.32 Å². The van der Waals surface area contributed by atoms with Crippen molar-refractivity contribution in [3.63, 3.8) is 0 Å². The zero-order valence-corrected chi connectivity index (χ0v) is 12.9. The maximum Gasteiger partial charge on any atom is 0.250 e. The Hall–Kier alpha value is -1.25. The first kappa shape index (κ1) is 13.4. The van der Waals surface area contributed by atoms with Crippen LogP contribution in [0.25, 0.3) is 0 Å². The van der Waals surface area contributed by atoms with Gasteiger partial charge in [0.2, 0.25) is 0 Å². The van der Waals surface area contributed by atoms with E-state index in [9.17, 15) is 4.79 Å². The van der Waals surface area contributed by atoms with Crippen molar-refractivity contribution >= 4 is 5.69 Å². The van der Waals surface area contributed by atoms with E-state index in [2.05, 4.69) is 12.2 Å². The zero-order chi connectivity index (χ0) is 14.4. The van der Waals surface area contributed by atoms with Crippen molar-refractivity contribution < 1.29 is 0 Å². The summed E-state index contributed by atoms with van der Waals surface area (Å²) in [6, 6.07) is 4.32. The molecule has 1 heterocycles. The summed E-state index contributed by atoms with van der Waals surface area (Å²) in [7, 11) is 0. The van der Waals surface area contributed by atoms with Gasteiger partial charge in [-0.25, -0.2) is 0 Å². The number of fused-ring (bicyclic) bond motifs is 5. The standard InChI is InChI=1S/C18H26N2O/c1-2-8-20-11-13(6-7-18(20)21)19-17-10-12-9-16(17)15-5-3-4-14(12)15/h6-7,11-12,14-17,19H,2-5,8-10H2,1H3. The van der Waals surface area contributed by atoms with Crippen LogP contribution in [0, 0.1) is 23.7 Å². The molecule has 0 radical (unpaired) electrons. The molecule has 3 heteroatoms. The Balaban J connectivity index is 1.50. The predicted octanol–water partition coefficient (Wildman–Crippen LogP) is 3.49. The number of rotatable bonds is 4. The average Bonchev–Trinajstić information content (AvgIpc) is 3.15. The Kier molecular flexibility index (Phi) is 3.31. The predicted molar refractivity (Wildman–Crippen MR) is 85.4 cm³/mol. The van der Waals surface area contributed by atoms with Crippen LogP contribution in [0.15, 0.2) is 23.1 Å². The summed E-state index contributed by atoms with van der Waals surface area (Å²) in [5, 5.41) is 3.75. The van der Waals surface area contributed by atoms with E-state index in [0.717, 1.165) is 42.3 Å². The van der Waals surface area contributed by atoms with Crippen LogP contribution in [0.2, 0.25) is 0 Å². The molecule has 1 aromatic rings. The van der Waals surface area contributed by atoms with E-state index in [-0.39, 0.29) is 5.56 Å². The minimum absolute atomic E-state index is 0.117. The number of hydrogen-bond acceptors (Lipinski definition) is 2. The molecule has 114 valence electrons. The molecule has 0 aromatic carbocycles. The average molecular weight is 286 g/mol. The van der Waals surface area contributed by atoms with Crippen molar-refractivity contribution in [1.82, 2.24) is 4.57 Å². The van der Waals surface area contributed by atoms with Crippen LogP contribution in [0.5, 0.6) is 0 Å². The monoisotopic (exact) mass is 286 g/mol. The Labute approximate surface area is 126 Å². The van der Waals surface area contributed by atoms with Gasteiger partial charge in [0.25, 0.3) is 5.56 Å². The normalized spacial score (nSPS) is 36.9. The van der Waals surface area contributed by atoms with E-state index < -0.39 is 0 Å². The molecule has 21 heavy (non-hydrogen) atoms. The number of pyridine rings is 1. The molecule has 0 spiro atoms. The SMILES string of the molecule is CCCn1cc(NC2CC3CC2C2CCCC32)ccc1=O. The van der Waals surface area contributed by atoms with E-state index in [1.54, 1.807) is 6.07 Å². The maximum atomic E-state index is 11.8. The van der Waals surface area contributed by atoms with Crippen LogP contribution in [0.4, 0.5) is 5.69 Å². The molecule has 5 atom stereocenters. The van der Waals surface area contributed by atoms with Crippen molar-refractivity contribution in [1.29, 1.82) is 0 Å². The zero-order valence-electron chi connectivity index (χ0n) is 12.9. The van der Waals surface area contributed by atoms with Gasteiger partial charge >= 0.3 is 0 Å². The summed E-state index contributed by atoms with van der Waals surface area (Å²) < 4.78 is 1.84. The lowest BCUT2D eigenvalue weighted by Crippen LogP contribution is -2.34. The van der Waals surface area contributed by atoms with E-state index in [4.69, 9.17) is 0 Å². The highest BCUT2D eigenvalue weighted by Gasteiger charge is 2.53. The number of nitrogens with one attached hydrogen (secondary N) is 1. The molecular formula is C18H26N2O. The van der Waals surface area contributed by atoms with Gasteiger partial charge in [-0.3, -0.25) is 4.79 Å². The van der Waals surface area contributed by atoms with Crippen molar-refractivity contribution in [2.45, 2.75) is 58.0 Å². The van der Waals surface area contributed by atoms with E-state index in [1.807, 2.05) is 16.8 Å². The molecule has 1 aromatic heterocycles. The summed E-state index contributed by atoms with van der Waals surface area (Å²) in [5.41, 5.74) is 1.25. The fraction of sp³-hybridized carbons (Fsp3) is 0.722. The number of nitrogens with zero attached hydrogens (tertiary/aromatic N) is 1.